The van der Waals surface area contributed by atoms with Gasteiger partial charge >= 0.3 is 0 Å². The number of benzene rings is 1. The van der Waals surface area contributed by atoms with Gasteiger partial charge in [-0.3, -0.25) is 19.3 Å². The molecule has 2 amide bonds. The number of hydrogen-bond acceptors (Lipinski definition) is 4. The SMILES string of the molecule is CSc1ccc(C(=O)C2CC(=O)N(C)C2=O)cc1. The Labute approximate surface area is 109 Å². The lowest BCUT2D eigenvalue weighted by Crippen LogP contribution is -2.28. The van der Waals surface area contributed by atoms with Crippen LogP contribution in [0.2, 0.25) is 0 Å². The molecule has 0 saturated carbocycles. The van der Waals surface area contributed by atoms with Crippen molar-refractivity contribution in [2.24, 2.45) is 5.92 Å². The van der Waals surface area contributed by atoms with Crippen molar-refractivity contribution < 1.29 is 14.4 Å². The van der Waals surface area contributed by atoms with Gasteiger partial charge in [0.2, 0.25) is 11.8 Å². The molecule has 1 aromatic carbocycles. The zero-order valence-corrected chi connectivity index (χ0v) is 11.0. The number of hydrogen-bond donors (Lipinski definition) is 0. The maximum atomic E-state index is 12.1. The van der Waals surface area contributed by atoms with Gasteiger partial charge in [-0.25, -0.2) is 0 Å². The van der Waals surface area contributed by atoms with E-state index < -0.39 is 11.8 Å². The van der Waals surface area contributed by atoms with Crippen LogP contribution in [0.25, 0.3) is 0 Å². The number of amides is 2. The first-order valence-electron chi connectivity index (χ1n) is 5.53. The number of likely N-dealkylation sites (tertiary alicyclic amines) is 1. The molecule has 5 heteroatoms. The standard InChI is InChI=1S/C13H13NO3S/c1-14-11(15)7-10(13(14)17)12(16)8-3-5-9(18-2)6-4-8/h3-6,10H,7H2,1-2H3. The molecule has 1 heterocycles. The largest absolute Gasteiger partial charge is 0.293 e. The van der Waals surface area contributed by atoms with Gasteiger partial charge in [0.1, 0.15) is 5.92 Å². The third-order valence-corrected chi connectivity index (χ3v) is 3.82. The van der Waals surface area contributed by atoms with E-state index in [-0.39, 0.29) is 18.1 Å². The fraction of sp³-hybridized carbons (Fsp3) is 0.308. The molecule has 94 valence electrons. The van der Waals surface area contributed by atoms with E-state index in [4.69, 9.17) is 0 Å². The first-order valence-corrected chi connectivity index (χ1v) is 6.75. The molecule has 18 heavy (non-hydrogen) atoms. The summed E-state index contributed by atoms with van der Waals surface area (Å²) >= 11 is 1.58. The summed E-state index contributed by atoms with van der Waals surface area (Å²) in [7, 11) is 1.41. The van der Waals surface area contributed by atoms with Crippen molar-refractivity contribution in [1.82, 2.24) is 4.90 Å². The summed E-state index contributed by atoms with van der Waals surface area (Å²) in [5, 5.41) is 0. The lowest BCUT2D eigenvalue weighted by atomic mass is 9.96. The first kappa shape index (κ1) is 12.8. The summed E-state index contributed by atoms with van der Waals surface area (Å²) in [6, 6.07) is 7.07. The van der Waals surface area contributed by atoms with E-state index in [0.29, 0.717) is 5.56 Å². The molecule has 0 radical (unpaired) electrons. The predicted molar refractivity (Wildman–Crippen MR) is 68.4 cm³/mol. The normalized spacial score (nSPS) is 19.4. The minimum atomic E-state index is -0.845. The average molecular weight is 263 g/mol. The molecule has 1 aliphatic heterocycles. The van der Waals surface area contributed by atoms with Crippen molar-refractivity contribution in [1.29, 1.82) is 0 Å². The highest BCUT2D eigenvalue weighted by Crippen LogP contribution is 2.23. The number of rotatable bonds is 3. The lowest BCUT2D eigenvalue weighted by Gasteiger charge is -2.08. The molecule has 1 atom stereocenters. The van der Waals surface area contributed by atoms with E-state index in [9.17, 15) is 14.4 Å². The topological polar surface area (TPSA) is 54.5 Å². The van der Waals surface area contributed by atoms with Gasteiger partial charge in [-0.05, 0) is 18.4 Å². The van der Waals surface area contributed by atoms with Crippen molar-refractivity contribution in [3.05, 3.63) is 29.8 Å². The number of imide groups is 1. The summed E-state index contributed by atoms with van der Waals surface area (Å²) in [6.07, 6.45) is 1.93. The third kappa shape index (κ3) is 2.18. The first-order chi connectivity index (χ1) is 8.54. The van der Waals surface area contributed by atoms with Gasteiger partial charge < -0.3 is 0 Å². The number of ketones is 1. The van der Waals surface area contributed by atoms with Gasteiger partial charge in [-0.2, -0.15) is 0 Å². The summed E-state index contributed by atoms with van der Waals surface area (Å²) in [5.41, 5.74) is 0.481. The monoisotopic (exact) mass is 263 g/mol. The van der Waals surface area contributed by atoms with Crippen LogP contribution >= 0.6 is 11.8 Å². The molecule has 1 aromatic rings. The molecule has 0 N–H and O–H groups in total. The van der Waals surface area contributed by atoms with E-state index in [1.807, 2.05) is 18.4 Å². The number of Topliss-reactive ketones (excluding diaryl/α,β-unsaturated/α-hetero) is 1. The highest BCUT2D eigenvalue weighted by molar-refractivity contribution is 7.98. The van der Waals surface area contributed by atoms with Crippen molar-refractivity contribution >= 4 is 29.4 Å². The Bertz CT molecular complexity index is 509. The zero-order valence-electron chi connectivity index (χ0n) is 10.2. The highest BCUT2D eigenvalue weighted by atomic mass is 32.2. The van der Waals surface area contributed by atoms with Crippen LogP contribution in [-0.2, 0) is 9.59 Å². The Hall–Kier alpha value is -1.62. The number of thioether (sulfide) groups is 1. The number of nitrogens with zero attached hydrogens (tertiary/aromatic N) is 1. The molecule has 0 aliphatic carbocycles. The van der Waals surface area contributed by atoms with E-state index in [1.165, 1.54) is 7.05 Å². The minimum absolute atomic E-state index is 0.0154. The van der Waals surface area contributed by atoms with Crippen LogP contribution in [0, 0.1) is 5.92 Å². The fourth-order valence-corrected chi connectivity index (χ4v) is 2.33. The van der Waals surface area contributed by atoms with E-state index in [2.05, 4.69) is 0 Å². The van der Waals surface area contributed by atoms with Crippen LogP contribution in [0.4, 0.5) is 0 Å². The van der Waals surface area contributed by atoms with Crippen molar-refractivity contribution in [2.75, 3.05) is 13.3 Å². The molecule has 0 spiro atoms. The Balaban J connectivity index is 2.21. The van der Waals surface area contributed by atoms with Gasteiger partial charge in [0, 0.05) is 23.9 Å². The van der Waals surface area contributed by atoms with Gasteiger partial charge in [-0.15, -0.1) is 11.8 Å². The minimum Gasteiger partial charge on any atom is -0.293 e. The van der Waals surface area contributed by atoms with Crippen LogP contribution in [0.3, 0.4) is 0 Å². The molecule has 4 nitrogen and oxygen atoms in total. The third-order valence-electron chi connectivity index (χ3n) is 3.07. The van der Waals surface area contributed by atoms with E-state index in [1.54, 1.807) is 23.9 Å². The second kappa shape index (κ2) is 4.94. The Kier molecular flexibility index (Phi) is 3.52. The summed E-state index contributed by atoms with van der Waals surface area (Å²) < 4.78 is 0. The second-order valence-electron chi connectivity index (χ2n) is 4.14. The molecule has 0 aromatic heterocycles. The van der Waals surface area contributed by atoms with Crippen LogP contribution in [-0.4, -0.2) is 35.8 Å². The van der Waals surface area contributed by atoms with Gasteiger partial charge in [-0.1, -0.05) is 12.1 Å². The van der Waals surface area contributed by atoms with Crippen LogP contribution in [0.1, 0.15) is 16.8 Å². The van der Waals surface area contributed by atoms with Crippen LogP contribution < -0.4 is 0 Å². The molecular weight excluding hydrogens is 250 g/mol. The van der Waals surface area contributed by atoms with Crippen molar-refractivity contribution in [2.45, 2.75) is 11.3 Å². The van der Waals surface area contributed by atoms with Crippen molar-refractivity contribution in [3.63, 3.8) is 0 Å². The van der Waals surface area contributed by atoms with Crippen molar-refractivity contribution in [3.8, 4) is 0 Å². The van der Waals surface area contributed by atoms with E-state index >= 15 is 0 Å². The second-order valence-corrected chi connectivity index (χ2v) is 5.02. The maximum Gasteiger partial charge on any atom is 0.240 e. The number of carbonyl (C=O) groups is 3. The van der Waals surface area contributed by atoms with Crippen LogP contribution in [0.5, 0.6) is 0 Å². The van der Waals surface area contributed by atoms with Gasteiger partial charge in [0.05, 0.1) is 0 Å². The molecule has 1 unspecified atom stereocenters. The number of carbonyl (C=O) groups excluding carboxylic acids is 3. The molecule has 1 aliphatic rings. The van der Waals surface area contributed by atoms with Gasteiger partial charge in [0.15, 0.2) is 5.78 Å². The quantitative estimate of drug-likeness (QED) is 0.360. The Morgan fingerprint density at radius 2 is 1.89 bits per heavy atom. The molecule has 0 bridgehead atoms. The predicted octanol–water partition coefficient (Wildman–Crippen LogP) is 1.60. The van der Waals surface area contributed by atoms with Crippen LogP contribution in [0.15, 0.2) is 29.2 Å². The molecule has 1 fully saturated rings. The summed E-state index contributed by atoms with van der Waals surface area (Å²) in [5.74, 6) is -1.81. The Morgan fingerprint density at radius 3 is 2.33 bits per heavy atom. The molecular formula is C13H13NO3S. The smallest absolute Gasteiger partial charge is 0.240 e. The average Bonchev–Trinajstić information content (AvgIpc) is 2.66. The molecule has 2 rings (SSSR count). The fourth-order valence-electron chi connectivity index (χ4n) is 1.92. The maximum absolute atomic E-state index is 12.1. The van der Waals surface area contributed by atoms with E-state index in [0.717, 1.165) is 9.80 Å². The highest BCUT2D eigenvalue weighted by Gasteiger charge is 2.40. The molecule has 1 saturated heterocycles. The lowest BCUT2D eigenvalue weighted by molar-refractivity contribution is -0.137. The van der Waals surface area contributed by atoms with Gasteiger partial charge in [0.25, 0.3) is 0 Å². The Morgan fingerprint density at radius 1 is 1.28 bits per heavy atom. The summed E-state index contributed by atoms with van der Waals surface area (Å²) in [4.78, 5) is 37.3. The summed E-state index contributed by atoms with van der Waals surface area (Å²) in [6.45, 7) is 0. The zero-order chi connectivity index (χ0) is 13.3.